The Morgan fingerprint density at radius 2 is 1.73 bits per heavy atom. The summed E-state index contributed by atoms with van der Waals surface area (Å²) in [5.74, 6) is 1.08. The molecule has 0 aliphatic heterocycles. The van der Waals surface area contributed by atoms with Crippen LogP contribution >= 0.6 is 0 Å². The fraction of sp³-hybridized carbons (Fsp3) is 0.125. The molecule has 1 heterocycles. The highest BCUT2D eigenvalue weighted by molar-refractivity contribution is 5.92. The van der Waals surface area contributed by atoms with Crippen molar-refractivity contribution in [2.75, 3.05) is 11.9 Å². The van der Waals surface area contributed by atoms with Crippen LogP contribution in [0.4, 0.5) is 5.69 Å². The van der Waals surface area contributed by atoms with Gasteiger partial charge in [0.15, 0.2) is 6.61 Å². The molecular formula is C24H21N3O3. The van der Waals surface area contributed by atoms with E-state index in [0.29, 0.717) is 23.0 Å². The van der Waals surface area contributed by atoms with E-state index in [4.69, 9.17) is 9.26 Å². The lowest BCUT2D eigenvalue weighted by Crippen LogP contribution is -2.20. The van der Waals surface area contributed by atoms with Gasteiger partial charge in [0.25, 0.3) is 11.8 Å². The SMILES string of the molecule is Cc1ccc(NC(=O)COc2ccccc2-c2nc(-c3ccccc3)no2)cc1C. The number of carbonyl (C=O) groups excluding carboxylic acids is 1. The van der Waals surface area contributed by atoms with Crippen LogP contribution in [0.5, 0.6) is 5.75 Å². The highest BCUT2D eigenvalue weighted by Crippen LogP contribution is 2.30. The average Bonchev–Trinajstić information content (AvgIpc) is 3.26. The van der Waals surface area contributed by atoms with E-state index in [1.807, 2.05) is 80.6 Å². The van der Waals surface area contributed by atoms with Gasteiger partial charge >= 0.3 is 0 Å². The van der Waals surface area contributed by atoms with Crippen LogP contribution < -0.4 is 10.1 Å². The third-order valence-corrected chi connectivity index (χ3v) is 4.72. The first-order valence-corrected chi connectivity index (χ1v) is 9.58. The van der Waals surface area contributed by atoms with Crippen LogP contribution in [0.25, 0.3) is 22.8 Å². The summed E-state index contributed by atoms with van der Waals surface area (Å²) in [6.45, 7) is 3.90. The number of amides is 1. The molecule has 30 heavy (non-hydrogen) atoms. The Kier molecular flexibility index (Phi) is 5.57. The minimum Gasteiger partial charge on any atom is -0.483 e. The minimum absolute atomic E-state index is 0.135. The fourth-order valence-electron chi connectivity index (χ4n) is 2.97. The Bertz CT molecular complexity index is 1170. The number of nitrogens with zero attached hydrogens (tertiary/aromatic N) is 2. The van der Waals surface area contributed by atoms with Crippen molar-refractivity contribution in [3.05, 3.63) is 83.9 Å². The molecule has 4 rings (SSSR count). The van der Waals surface area contributed by atoms with Crippen LogP contribution in [-0.2, 0) is 4.79 Å². The van der Waals surface area contributed by atoms with E-state index >= 15 is 0 Å². The molecule has 6 heteroatoms. The number of ether oxygens (including phenoxy) is 1. The van der Waals surface area contributed by atoms with E-state index in [-0.39, 0.29) is 12.5 Å². The molecule has 0 fully saturated rings. The van der Waals surface area contributed by atoms with Gasteiger partial charge in [-0.15, -0.1) is 0 Å². The van der Waals surface area contributed by atoms with Crippen LogP contribution in [0.3, 0.4) is 0 Å². The van der Waals surface area contributed by atoms with Gasteiger partial charge in [-0.3, -0.25) is 4.79 Å². The van der Waals surface area contributed by atoms with Crippen molar-refractivity contribution in [3.8, 4) is 28.6 Å². The maximum absolute atomic E-state index is 12.3. The molecule has 0 unspecified atom stereocenters. The van der Waals surface area contributed by atoms with Gasteiger partial charge in [0.2, 0.25) is 5.82 Å². The van der Waals surface area contributed by atoms with Crippen LogP contribution in [0.15, 0.2) is 77.3 Å². The molecule has 0 saturated heterocycles. The number of para-hydroxylation sites is 1. The van der Waals surface area contributed by atoms with Gasteiger partial charge in [-0.2, -0.15) is 4.98 Å². The molecular weight excluding hydrogens is 378 g/mol. The lowest BCUT2D eigenvalue weighted by Gasteiger charge is -2.10. The summed E-state index contributed by atoms with van der Waals surface area (Å²) in [6.07, 6.45) is 0. The molecule has 0 aliphatic rings. The second kappa shape index (κ2) is 8.61. The van der Waals surface area contributed by atoms with Crippen molar-refractivity contribution in [3.63, 3.8) is 0 Å². The number of carbonyl (C=O) groups is 1. The zero-order valence-electron chi connectivity index (χ0n) is 16.8. The Labute approximate surface area is 174 Å². The maximum atomic E-state index is 12.3. The number of nitrogens with one attached hydrogen (secondary N) is 1. The first-order chi connectivity index (χ1) is 14.6. The third kappa shape index (κ3) is 4.38. The second-order valence-corrected chi connectivity index (χ2v) is 6.92. The fourth-order valence-corrected chi connectivity index (χ4v) is 2.97. The molecule has 0 aliphatic carbocycles. The summed E-state index contributed by atoms with van der Waals surface area (Å²) in [5.41, 5.74) is 4.52. The monoisotopic (exact) mass is 399 g/mol. The van der Waals surface area contributed by atoms with Crippen LogP contribution in [0, 0.1) is 13.8 Å². The van der Waals surface area contributed by atoms with Gasteiger partial charge in [-0.05, 0) is 49.2 Å². The first kappa shape index (κ1) is 19.4. The van der Waals surface area contributed by atoms with Gasteiger partial charge in [-0.25, -0.2) is 0 Å². The van der Waals surface area contributed by atoms with Gasteiger partial charge < -0.3 is 14.6 Å². The standard InChI is InChI=1S/C24H21N3O3/c1-16-12-13-19(14-17(16)2)25-22(28)15-29-21-11-7-6-10-20(21)24-26-23(27-30-24)18-8-4-3-5-9-18/h3-14H,15H2,1-2H3,(H,25,28). The summed E-state index contributed by atoms with van der Waals surface area (Å²) in [5, 5.41) is 6.90. The summed E-state index contributed by atoms with van der Waals surface area (Å²) in [7, 11) is 0. The molecule has 0 saturated carbocycles. The van der Waals surface area contributed by atoms with E-state index in [2.05, 4.69) is 15.5 Å². The molecule has 3 aromatic carbocycles. The molecule has 0 atom stereocenters. The Balaban J connectivity index is 1.47. The summed E-state index contributed by atoms with van der Waals surface area (Å²) in [4.78, 5) is 16.8. The number of anilines is 1. The smallest absolute Gasteiger partial charge is 0.262 e. The number of hydrogen-bond donors (Lipinski definition) is 1. The molecule has 6 nitrogen and oxygen atoms in total. The molecule has 0 radical (unpaired) electrons. The second-order valence-electron chi connectivity index (χ2n) is 6.92. The molecule has 0 spiro atoms. The summed E-state index contributed by atoms with van der Waals surface area (Å²) >= 11 is 0. The Morgan fingerprint density at radius 1 is 0.967 bits per heavy atom. The van der Waals surface area contributed by atoms with Gasteiger partial charge in [0, 0.05) is 11.3 Å². The van der Waals surface area contributed by atoms with Gasteiger partial charge in [0.1, 0.15) is 5.75 Å². The van der Waals surface area contributed by atoms with E-state index < -0.39 is 0 Å². The normalized spacial score (nSPS) is 10.6. The number of rotatable bonds is 6. The minimum atomic E-state index is -0.247. The maximum Gasteiger partial charge on any atom is 0.262 e. The van der Waals surface area contributed by atoms with E-state index in [0.717, 1.165) is 16.8 Å². The molecule has 1 aromatic heterocycles. The highest BCUT2D eigenvalue weighted by atomic mass is 16.5. The molecule has 150 valence electrons. The van der Waals surface area contributed by atoms with Crippen molar-refractivity contribution in [2.24, 2.45) is 0 Å². The number of aryl methyl sites for hydroxylation is 2. The van der Waals surface area contributed by atoms with Crippen molar-refractivity contribution >= 4 is 11.6 Å². The molecule has 4 aromatic rings. The Hall–Kier alpha value is -3.93. The van der Waals surface area contributed by atoms with E-state index in [1.165, 1.54) is 5.56 Å². The lowest BCUT2D eigenvalue weighted by atomic mass is 10.1. The Morgan fingerprint density at radius 3 is 2.53 bits per heavy atom. The number of aromatic nitrogens is 2. The lowest BCUT2D eigenvalue weighted by molar-refractivity contribution is -0.118. The molecule has 1 amide bonds. The van der Waals surface area contributed by atoms with Crippen molar-refractivity contribution < 1.29 is 14.1 Å². The number of hydrogen-bond acceptors (Lipinski definition) is 5. The largest absolute Gasteiger partial charge is 0.483 e. The molecule has 1 N–H and O–H groups in total. The van der Waals surface area contributed by atoms with Crippen LogP contribution in [0.2, 0.25) is 0 Å². The quantitative estimate of drug-likeness (QED) is 0.492. The van der Waals surface area contributed by atoms with Crippen molar-refractivity contribution in [1.29, 1.82) is 0 Å². The predicted molar refractivity (Wildman–Crippen MR) is 115 cm³/mol. The predicted octanol–water partition coefficient (Wildman–Crippen LogP) is 5.04. The zero-order chi connectivity index (χ0) is 20.9. The topological polar surface area (TPSA) is 77.2 Å². The zero-order valence-corrected chi connectivity index (χ0v) is 16.8. The van der Waals surface area contributed by atoms with Crippen LogP contribution in [0.1, 0.15) is 11.1 Å². The third-order valence-electron chi connectivity index (χ3n) is 4.72. The number of benzene rings is 3. The molecule has 0 bridgehead atoms. The van der Waals surface area contributed by atoms with Crippen molar-refractivity contribution in [1.82, 2.24) is 10.1 Å². The van der Waals surface area contributed by atoms with Crippen molar-refractivity contribution in [2.45, 2.75) is 13.8 Å². The average molecular weight is 399 g/mol. The summed E-state index contributed by atoms with van der Waals surface area (Å²) < 4.78 is 11.2. The summed E-state index contributed by atoms with van der Waals surface area (Å²) in [6, 6.07) is 22.6. The van der Waals surface area contributed by atoms with E-state index in [9.17, 15) is 4.79 Å². The van der Waals surface area contributed by atoms with Gasteiger partial charge in [0.05, 0.1) is 5.56 Å². The van der Waals surface area contributed by atoms with E-state index in [1.54, 1.807) is 6.07 Å². The highest BCUT2D eigenvalue weighted by Gasteiger charge is 2.15. The van der Waals surface area contributed by atoms with Gasteiger partial charge in [-0.1, -0.05) is 53.7 Å². The van der Waals surface area contributed by atoms with Crippen LogP contribution in [-0.4, -0.2) is 22.7 Å². The first-order valence-electron chi connectivity index (χ1n) is 9.58.